The molecule has 0 bridgehead atoms. The first-order valence-electron chi connectivity index (χ1n) is 7.25. The van der Waals surface area contributed by atoms with Gasteiger partial charge in [0, 0.05) is 18.7 Å². The predicted molar refractivity (Wildman–Crippen MR) is 87.9 cm³/mol. The Bertz CT molecular complexity index is 636. The lowest BCUT2D eigenvalue weighted by atomic mass is 10.2. The highest BCUT2D eigenvalue weighted by molar-refractivity contribution is 7.89. The molecule has 0 aliphatic carbocycles. The number of nitrogen functional groups attached to an aromatic ring is 1. The van der Waals surface area contributed by atoms with E-state index in [1.807, 2.05) is 0 Å². The molecule has 0 saturated carbocycles. The van der Waals surface area contributed by atoms with Gasteiger partial charge in [0.05, 0.1) is 17.8 Å². The lowest BCUT2D eigenvalue weighted by molar-refractivity contribution is 0.268. The summed E-state index contributed by atoms with van der Waals surface area (Å²) in [6.07, 6.45) is 2.09. The number of sulfonamides is 1. The molecule has 0 radical (unpaired) electrons. The molecule has 0 unspecified atom stereocenters. The highest BCUT2D eigenvalue weighted by atomic mass is 35.5. The summed E-state index contributed by atoms with van der Waals surface area (Å²) in [5.74, 6) is 0.188. The topological polar surface area (TPSA) is 84.7 Å². The van der Waals surface area contributed by atoms with E-state index < -0.39 is 10.0 Å². The van der Waals surface area contributed by atoms with Crippen LogP contribution in [0.25, 0.3) is 0 Å². The number of hydrogen-bond donors (Lipinski definition) is 2. The first-order valence-corrected chi connectivity index (χ1v) is 9.12. The number of nitrogens with two attached hydrogens (primary N) is 1. The van der Waals surface area contributed by atoms with Crippen LogP contribution in [0.5, 0.6) is 5.75 Å². The zero-order valence-corrected chi connectivity index (χ0v) is 14.4. The molecule has 22 heavy (non-hydrogen) atoms. The van der Waals surface area contributed by atoms with Crippen molar-refractivity contribution in [3.63, 3.8) is 0 Å². The number of hydrogen-bond acceptors (Lipinski definition) is 5. The molecule has 0 amide bonds. The number of methoxy groups -OCH3 is 1. The Labute approximate surface area is 136 Å². The van der Waals surface area contributed by atoms with Crippen molar-refractivity contribution in [2.45, 2.75) is 30.7 Å². The zero-order chi connectivity index (χ0) is 16.3. The molecule has 1 aromatic carbocycles. The first kappa shape index (κ1) is 17.3. The van der Waals surface area contributed by atoms with Crippen molar-refractivity contribution in [2.24, 2.45) is 0 Å². The first-order chi connectivity index (χ1) is 10.4. The van der Waals surface area contributed by atoms with E-state index in [9.17, 15) is 8.42 Å². The fourth-order valence-corrected chi connectivity index (χ4v) is 4.22. The molecule has 1 aliphatic heterocycles. The van der Waals surface area contributed by atoms with Gasteiger partial charge >= 0.3 is 0 Å². The second-order valence-electron chi connectivity index (χ2n) is 5.30. The zero-order valence-electron chi connectivity index (χ0n) is 12.8. The maximum absolute atomic E-state index is 12.5. The Morgan fingerprint density at radius 2 is 2.23 bits per heavy atom. The minimum atomic E-state index is -3.70. The number of nitrogens with one attached hydrogen (secondary N) is 1. The summed E-state index contributed by atoms with van der Waals surface area (Å²) < 4.78 is 32.8. The molecular weight excluding hydrogens is 326 g/mol. The Hall–Kier alpha value is -1.02. The lowest BCUT2D eigenvalue weighted by Crippen LogP contribution is -2.40. The number of ether oxygens (including phenoxy) is 1. The number of nitrogens with zero attached hydrogens (tertiary/aromatic N) is 1. The van der Waals surface area contributed by atoms with Crippen LogP contribution in [-0.2, 0) is 10.0 Å². The lowest BCUT2D eigenvalue weighted by Gasteiger charge is -2.23. The van der Waals surface area contributed by atoms with Crippen molar-refractivity contribution in [1.82, 2.24) is 9.62 Å². The standard InChI is InChI=1S/C14H22ClN3O3S/c1-3-18-6-4-5-10(18)9-17-22(19,20)14-7-11(15)12(16)8-13(14)21-2/h7-8,10,17H,3-6,9,16H2,1-2H3/t10-/m0/s1. The highest BCUT2D eigenvalue weighted by Crippen LogP contribution is 2.32. The largest absolute Gasteiger partial charge is 0.495 e. The second kappa shape index (κ2) is 7.04. The van der Waals surface area contributed by atoms with Gasteiger partial charge in [0.15, 0.2) is 0 Å². The van der Waals surface area contributed by atoms with Gasteiger partial charge in [-0.25, -0.2) is 13.1 Å². The minimum Gasteiger partial charge on any atom is -0.495 e. The van der Waals surface area contributed by atoms with Gasteiger partial charge in [-0.1, -0.05) is 18.5 Å². The summed E-state index contributed by atoms with van der Waals surface area (Å²) in [6.45, 7) is 4.39. The molecule has 1 aliphatic rings. The smallest absolute Gasteiger partial charge is 0.244 e. The fraction of sp³-hybridized carbons (Fsp3) is 0.571. The van der Waals surface area contributed by atoms with Crippen molar-refractivity contribution in [2.75, 3.05) is 32.5 Å². The Kier molecular flexibility index (Phi) is 5.55. The monoisotopic (exact) mass is 347 g/mol. The van der Waals surface area contributed by atoms with Crippen LogP contribution in [0.15, 0.2) is 17.0 Å². The molecule has 1 aromatic rings. The van der Waals surface area contributed by atoms with Gasteiger partial charge in [-0.05, 0) is 32.0 Å². The normalized spacial score (nSPS) is 19.5. The summed E-state index contributed by atoms with van der Waals surface area (Å²) in [6, 6.07) is 2.98. The van der Waals surface area contributed by atoms with Gasteiger partial charge in [-0.2, -0.15) is 0 Å². The van der Waals surface area contributed by atoms with Crippen LogP contribution in [0.3, 0.4) is 0 Å². The van der Waals surface area contributed by atoms with Crippen molar-refractivity contribution >= 4 is 27.3 Å². The quantitative estimate of drug-likeness (QED) is 0.765. The number of halogens is 1. The number of likely N-dealkylation sites (tertiary alicyclic amines) is 1. The van der Waals surface area contributed by atoms with Crippen molar-refractivity contribution in [3.05, 3.63) is 17.2 Å². The predicted octanol–water partition coefficient (Wildman–Crippen LogP) is 1.69. The van der Waals surface area contributed by atoms with Crippen LogP contribution in [0.4, 0.5) is 5.69 Å². The van der Waals surface area contributed by atoms with Gasteiger partial charge in [0.25, 0.3) is 0 Å². The summed E-state index contributed by atoms with van der Waals surface area (Å²) in [5.41, 5.74) is 5.97. The summed E-state index contributed by atoms with van der Waals surface area (Å²) >= 11 is 5.94. The Morgan fingerprint density at radius 3 is 2.86 bits per heavy atom. The molecule has 1 fully saturated rings. The third-order valence-electron chi connectivity index (χ3n) is 3.99. The number of anilines is 1. The van der Waals surface area contributed by atoms with Crippen LogP contribution in [0, 0.1) is 0 Å². The summed E-state index contributed by atoms with van der Waals surface area (Å²) in [7, 11) is -2.30. The van der Waals surface area contributed by atoms with Crippen LogP contribution in [0.1, 0.15) is 19.8 Å². The van der Waals surface area contributed by atoms with Gasteiger partial charge in [0.1, 0.15) is 10.6 Å². The molecule has 1 saturated heterocycles. The van der Waals surface area contributed by atoms with Gasteiger partial charge in [-0.3, -0.25) is 4.90 Å². The SMILES string of the molecule is CCN1CCC[C@H]1CNS(=O)(=O)c1cc(Cl)c(N)cc1OC. The van der Waals surface area contributed by atoms with Crippen LogP contribution < -0.4 is 15.2 Å². The molecule has 0 spiro atoms. The van der Waals surface area contributed by atoms with Crippen LogP contribution in [-0.4, -0.2) is 46.1 Å². The fourth-order valence-electron chi connectivity index (χ4n) is 2.75. The van der Waals surface area contributed by atoms with Crippen molar-refractivity contribution < 1.29 is 13.2 Å². The molecule has 3 N–H and O–H groups in total. The molecule has 0 aromatic heterocycles. The molecule has 6 nitrogen and oxygen atoms in total. The van der Waals surface area contributed by atoms with Crippen molar-refractivity contribution in [1.29, 1.82) is 0 Å². The van der Waals surface area contributed by atoms with E-state index in [2.05, 4.69) is 16.5 Å². The number of likely N-dealkylation sites (N-methyl/N-ethyl adjacent to an activating group) is 1. The number of rotatable bonds is 6. The third-order valence-corrected chi connectivity index (χ3v) is 5.76. The van der Waals surface area contributed by atoms with Crippen molar-refractivity contribution in [3.8, 4) is 5.75 Å². The molecule has 124 valence electrons. The summed E-state index contributed by atoms with van der Waals surface area (Å²) in [5, 5.41) is 0.192. The number of benzene rings is 1. The molecule has 1 heterocycles. The van der Waals surface area contributed by atoms with E-state index in [1.54, 1.807) is 0 Å². The Morgan fingerprint density at radius 1 is 1.50 bits per heavy atom. The maximum Gasteiger partial charge on any atom is 0.244 e. The third kappa shape index (κ3) is 3.65. The molecule has 1 atom stereocenters. The van der Waals surface area contributed by atoms with E-state index in [-0.39, 0.29) is 27.4 Å². The molecule has 2 rings (SSSR count). The maximum atomic E-state index is 12.5. The average molecular weight is 348 g/mol. The van der Waals surface area contributed by atoms with Gasteiger partial charge in [-0.15, -0.1) is 0 Å². The van der Waals surface area contributed by atoms with Gasteiger partial charge < -0.3 is 10.5 Å². The Balaban J connectivity index is 2.18. The van der Waals surface area contributed by atoms with Crippen LogP contribution >= 0.6 is 11.6 Å². The molecule has 8 heteroatoms. The molecular formula is C14H22ClN3O3S. The van der Waals surface area contributed by atoms with E-state index >= 15 is 0 Å². The minimum absolute atomic E-state index is 0.00949. The summed E-state index contributed by atoms with van der Waals surface area (Å²) in [4.78, 5) is 2.28. The van der Waals surface area contributed by atoms with E-state index in [0.29, 0.717) is 6.54 Å². The van der Waals surface area contributed by atoms with Gasteiger partial charge in [0.2, 0.25) is 10.0 Å². The van der Waals surface area contributed by atoms with E-state index in [0.717, 1.165) is 25.9 Å². The second-order valence-corrected chi connectivity index (χ2v) is 7.44. The van der Waals surface area contributed by atoms with E-state index in [1.165, 1.54) is 19.2 Å². The van der Waals surface area contributed by atoms with Crippen LogP contribution in [0.2, 0.25) is 5.02 Å². The van der Waals surface area contributed by atoms with E-state index in [4.69, 9.17) is 22.1 Å². The average Bonchev–Trinajstić information content (AvgIpc) is 2.95. The highest BCUT2D eigenvalue weighted by Gasteiger charge is 2.27.